The summed E-state index contributed by atoms with van der Waals surface area (Å²) in [6.45, 7) is 3.36. The molecule has 10 heteroatoms. The highest BCUT2D eigenvalue weighted by Crippen LogP contribution is 2.43. The van der Waals surface area contributed by atoms with E-state index >= 15 is 0 Å². The number of hydrogen-bond donors (Lipinski definition) is 1. The monoisotopic (exact) mass is 602 g/mol. The van der Waals surface area contributed by atoms with Crippen LogP contribution in [0.2, 0.25) is 10.0 Å². The van der Waals surface area contributed by atoms with Gasteiger partial charge in [0.25, 0.3) is 0 Å². The number of ether oxygens (including phenoxy) is 1. The number of pyridine rings is 1. The largest absolute Gasteiger partial charge is 0.484 e. The summed E-state index contributed by atoms with van der Waals surface area (Å²) in [5.74, 6) is 0.963. The molecule has 40 heavy (non-hydrogen) atoms. The molecule has 2 heterocycles. The zero-order chi connectivity index (χ0) is 28.6. The molecule has 0 bridgehead atoms. The van der Waals surface area contributed by atoms with Gasteiger partial charge < -0.3 is 15.4 Å². The van der Waals surface area contributed by atoms with Crippen molar-refractivity contribution >= 4 is 33.2 Å². The summed E-state index contributed by atoms with van der Waals surface area (Å²) >= 11 is 12.8. The molecule has 5 rings (SSSR count). The smallest absolute Gasteiger partial charge is 0.243 e. The zero-order valence-corrected chi connectivity index (χ0v) is 25.4. The Bertz CT molecular complexity index is 1500. The molecule has 2 aliphatic rings. The molecule has 0 unspecified atom stereocenters. The predicted molar refractivity (Wildman–Crippen MR) is 160 cm³/mol. The van der Waals surface area contributed by atoms with Crippen LogP contribution in [0.3, 0.4) is 0 Å². The number of hydrogen-bond acceptors (Lipinski definition) is 6. The fraction of sp³-hybridized carbons (Fsp3) is 0.433. The quantitative estimate of drug-likeness (QED) is 0.352. The lowest BCUT2D eigenvalue weighted by molar-refractivity contribution is 0.110. The predicted octanol–water partition coefficient (Wildman–Crippen LogP) is 5.41. The molecule has 1 fully saturated rings. The minimum Gasteiger partial charge on any atom is -0.484 e. The highest BCUT2D eigenvalue weighted by molar-refractivity contribution is 7.89. The standard InChI is InChI=1S/C30H36Cl2N4O3S/c1-19-12-24(40(37,38)36-11-9-21(18-36)5-4-20-8-10-34-23(13-20)17-33)6-7-29(19)39-30-26-14-22(31)15-27(32)25(26)16-28(30)35(2)3/h6-8,10,12-15,21,28,30H,4-5,9,11,16-18,33H2,1-3H3/t21-,28-,30-/m0/s1. The second-order valence-electron chi connectivity index (χ2n) is 11.1. The second-order valence-corrected chi connectivity index (χ2v) is 13.9. The fourth-order valence-electron chi connectivity index (χ4n) is 5.83. The molecule has 1 aromatic heterocycles. The Morgan fingerprint density at radius 2 is 1.95 bits per heavy atom. The molecule has 3 aromatic rings. The van der Waals surface area contributed by atoms with Crippen LogP contribution in [-0.2, 0) is 29.4 Å². The van der Waals surface area contributed by atoms with Crippen molar-refractivity contribution in [2.45, 2.75) is 56.2 Å². The number of nitrogens with two attached hydrogens (primary N) is 1. The molecule has 0 saturated carbocycles. The van der Waals surface area contributed by atoms with Gasteiger partial charge in [0.15, 0.2) is 0 Å². The maximum atomic E-state index is 13.6. The lowest BCUT2D eigenvalue weighted by Crippen LogP contribution is -2.34. The van der Waals surface area contributed by atoms with Crippen LogP contribution in [0.1, 0.15) is 46.9 Å². The number of fused-ring (bicyclic) bond motifs is 1. The van der Waals surface area contributed by atoms with Crippen molar-refractivity contribution in [3.8, 4) is 5.75 Å². The number of likely N-dealkylation sites (N-methyl/N-ethyl adjacent to an activating group) is 1. The van der Waals surface area contributed by atoms with Crippen LogP contribution in [0, 0.1) is 12.8 Å². The van der Waals surface area contributed by atoms with E-state index in [1.54, 1.807) is 34.8 Å². The SMILES string of the molecule is Cc1cc(S(=O)(=O)N2CC[C@H](CCc3ccnc(CN)c3)C2)ccc1O[C@H]1c2cc(Cl)cc(Cl)c2C[C@@H]1N(C)C. The molecular weight excluding hydrogens is 567 g/mol. The summed E-state index contributed by atoms with van der Waals surface area (Å²) in [6, 6.07) is 12.9. The van der Waals surface area contributed by atoms with Crippen molar-refractivity contribution in [3.63, 3.8) is 0 Å². The van der Waals surface area contributed by atoms with Crippen molar-refractivity contribution in [1.29, 1.82) is 0 Å². The Kier molecular flexibility index (Phi) is 8.76. The van der Waals surface area contributed by atoms with Gasteiger partial charge in [0.1, 0.15) is 11.9 Å². The third-order valence-electron chi connectivity index (χ3n) is 8.15. The van der Waals surface area contributed by atoms with E-state index in [0.29, 0.717) is 46.2 Å². The fourth-order valence-corrected chi connectivity index (χ4v) is 8.03. The Hall–Kier alpha value is -2.20. The first-order chi connectivity index (χ1) is 19.1. The first-order valence-electron chi connectivity index (χ1n) is 13.6. The number of halogens is 2. The molecule has 1 aliphatic heterocycles. The summed E-state index contributed by atoms with van der Waals surface area (Å²) < 4.78 is 35.3. The first-order valence-corrected chi connectivity index (χ1v) is 15.8. The van der Waals surface area contributed by atoms with Crippen molar-refractivity contribution in [3.05, 3.63) is 86.7 Å². The average molecular weight is 604 g/mol. The molecule has 3 atom stereocenters. The van der Waals surface area contributed by atoms with E-state index in [0.717, 1.165) is 48.1 Å². The van der Waals surface area contributed by atoms with E-state index in [1.807, 2.05) is 39.2 Å². The highest BCUT2D eigenvalue weighted by Gasteiger charge is 2.38. The minimum absolute atomic E-state index is 0.0735. The maximum absolute atomic E-state index is 13.6. The normalized spacial score (nSPS) is 21.2. The van der Waals surface area contributed by atoms with Crippen molar-refractivity contribution in [2.75, 3.05) is 27.2 Å². The third kappa shape index (κ3) is 6.03. The Balaban J connectivity index is 1.28. The zero-order valence-electron chi connectivity index (χ0n) is 23.1. The maximum Gasteiger partial charge on any atom is 0.243 e. The molecule has 1 saturated heterocycles. The van der Waals surface area contributed by atoms with Crippen molar-refractivity contribution in [1.82, 2.24) is 14.2 Å². The summed E-state index contributed by atoms with van der Waals surface area (Å²) in [5.41, 5.74) is 10.6. The molecular formula is C30H36Cl2N4O3S. The van der Waals surface area contributed by atoms with Crippen LogP contribution < -0.4 is 10.5 Å². The number of benzene rings is 2. The molecule has 0 amide bonds. The van der Waals surface area contributed by atoms with E-state index in [-0.39, 0.29) is 12.1 Å². The minimum atomic E-state index is -3.61. The Morgan fingerprint density at radius 1 is 1.15 bits per heavy atom. The lowest BCUT2D eigenvalue weighted by atomic mass is 9.99. The van der Waals surface area contributed by atoms with Gasteiger partial charge in [-0.2, -0.15) is 4.31 Å². The van der Waals surface area contributed by atoms with Crippen LogP contribution >= 0.6 is 23.2 Å². The van der Waals surface area contributed by atoms with E-state index in [9.17, 15) is 8.42 Å². The Morgan fingerprint density at radius 3 is 2.67 bits per heavy atom. The van der Waals surface area contributed by atoms with E-state index < -0.39 is 10.0 Å². The van der Waals surface area contributed by atoms with Crippen molar-refractivity contribution in [2.24, 2.45) is 11.7 Å². The number of sulfonamides is 1. The van der Waals surface area contributed by atoms with Crippen LogP contribution in [-0.4, -0.2) is 55.8 Å². The molecule has 0 radical (unpaired) electrons. The second kappa shape index (κ2) is 12.0. The molecule has 2 aromatic carbocycles. The van der Waals surface area contributed by atoms with Crippen LogP contribution in [0.15, 0.2) is 53.6 Å². The summed E-state index contributed by atoms with van der Waals surface area (Å²) in [5, 5.41) is 1.21. The van der Waals surface area contributed by atoms with Crippen LogP contribution in [0.25, 0.3) is 0 Å². The van der Waals surface area contributed by atoms with Gasteiger partial charge in [-0.25, -0.2) is 8.42 Å². The van der Waals surface area contributed by atoms with Gasteiger partial charge >= 0.3 is 0 Å². The number of aryl methyl sites for hydroxylation is 2. The molecule has 7 nitrogen and oxygen atoms in total. The summed E-state index contributed by atoms with van der Waals surface area (Å²) in [7, 11) is 0.425. The first kappa shape index (κ1) is 29.3. The van der Waals surface area contributed by atoms with E-state index in [1.165, 1.54) is 5.56 Å². The Labute approximate surface area is 247 Å². The number of rotatable bonds is 9. The average Bonchev–Trinajstić information content (AvgIpc) is 3.55. The highest BCUT2D eigenvalue weighted by atomic mass is 35.5. The van der Waals surface area contributed by atoms with Crippen molar-refractivity contribution < 1.29 is 13.2 Å². The van der Waals surface area contributed by atoms with Crippen LogP contribution in [0.4, 0.5) is 0 Å². The summed E-state index contributed by atoms with van der Waals surface area (Å²) in [4.78, 5) is 6.67. The van der Waals surface area contributed by atoms with Gasteiger partial charge in [-0.1, -0.05) is 23.2 Å². The van der Waals surface area contributed by atoms with E-state index in [4.69, 9.17) is 33.7 Å². The van der Waals surface area contributed by atoms with Gasteiger partial charge in [-0.05, 0) is 112 Å². The molecule has 2 N–H and O–H groups in total. The van der Waals surface area contributed by atoms with Gasteiger partial charge in [0, 0.05) is 41.4 Å². The lowest BCUT2D eigenvalue weighted by Gasteiger charge is -2.28. The molecule has 1 aliphatic carbocycles. The van der Waals surface area contributed by atoms with E-state index in [2.05, 4.69) is 9.88 Å². The van der Waals surface area contributed by atoms with Crippen LogP contribution in [0.5, 0.6) is 5.75 Å². The third-order valence-corrected chi connectivity index (χ3v) is 10.6. The molecule has 0 spiro atoms. The number of aromatic nitrogens is 1. The van der Waals surface area contributed by atoms with Gasteiger partial charge in [-0.3, -0.25) is 4.98 Å². The summed E-state index contributed by atoms with van der Waals surface area (Å²) in [6.07, 6.45) is 4.92. The van der Waals surface area contributed by atoms with Gasteiger partial charge in [0.2, 0.25) is 10.0 Å². The molecule has 214 valence electrons. The topological polar surface area (TPSA) is 88.8 Å². The number of nitrogens with zero attached hydrogens (tertiary/aromatic N) is 3. The van der Waals surface area contributed by atoms with Gasteiger partial charge in [0.05, 0.1) is 16.6 Å². The van der Waals surface area contributed by atoms with Gasteiger partial charge in [-0.15, -0.1) is 0 Å².